The van der Waals surface area contributed by atoms with Crippen LogP contribution in [0.5, 0.6) is 0 Å². The largest absolute Gasteiger partial charge is 0.464 e. The summed E-state index contributed by atoms with van der Waals surface area (Å²) < 4.78 is 38.6. The van der Waals surface area contributed by atoms with E-state index in [1.165, 1.54) is 0 Å². The zero-order valence-corrected chi connectivity index (χ0v) is 5.84. The molecule has 0 amide bonds. The summed E-state index contributed by atoms with van der Waals surface area (Å²) in [5, 5.41) is 6.07. The molecule has 4 nitrogen and oxygen atoms in total. The molecule has 1 heterocycles. The van der Waals surface area contributed by atoms with Crippen molar-refractivity contribution in [3.63, 3.8) is 0 Å². The predicted octanol–water partition coefficient (Wildman–Crippen LogP) is 0.917. The topological polar surface area (TPSA) is 52.1 Å². The molecule has 0 atom stereocenters. The lowest BCUT2D eigenvalue weighted by molar-refractivity contribution is 0.0592. The number of rotatable bonds is 1. The van der Waals surface area contributed by atoms with Gasteiger partial charge in [0.25, 0.3) is 0 Å². The summed E-state index contributed by atoms with van der Waals surface area (Å²) in [4.78, 5) is 11.2. The Morgan fingerprint density at radius 3 is 3.36 bits per heavy atom. The number of hydrogen-bond acceptors (Lipinski definition) is 4. The van der Waals surface area contributed by atoms with E-state index in [-0.39, 0.29) is 5.15 Å². The van der Waals surface area contributed by atoms with Crippen molar-refractivity contribution in [2.45, 2.75) is 0 Å². The van der Waals surface area contributed by atoms with Crippen molar-refractivity contribution in [2.75, 3.05) is 7.04 Å². The maximum atomic E-state index is 11.2. The van der Waals surface area contributed by atoms with Gasteiger partial charge in [-0.25, -0.2) is 4.79 Å². The van der Waals surface area contributed by atoms with Gasteiger partial charge in [-0.05, 0) is 12.1 Å². The summed E-state index contributed by atoms with van der Waals surface area (Å²) >= 11 is 5.38. The summed E-state index contributed by atoms with van der Waals surface area (Å²) in [6, 6.07) is -1.15. The second-order valence-electron chi connectivity index (χ2n) is 1.48. The number of ether oxygens (including phenoxy) is 1. The fourth-order valence-corrected chi connectivity index (χ4v) is 0.480. The van der Waals surface area contributed by atoms with Gasteiger partial charge < -0.3 is 4.74 Å². The molecule has 0 aliphatic carbocycles. The third kappa shape index (κ3) is 1.88. The summed E-state index contributed by atoms with van der Waals surface area (Å²) in [5.74, 6) is -1.34. The van der Waals surface area contributed by atoms with E-state index in [0.29, 0.717) is 0 Å². The fourth-order valence-electron chi connectivity index (χ4n) is 0.395. The lowest BCUT2D eigenvalue weighted by atomic mass is 10.4. The molecule has 0 saturated heterocycles. The fraction of sp³-hybridized carbons (Fsp3) is 0.167. The van der Waals surface area contributed by atoms with Crippen LogP contribution in [0.1, 0.15) is 17.3 Å². The molecule has 0 radical (unpaired) electrons. The van der Waals surface area contributed by atoms with Gasteiger partial charge in [-0.3, -0.25) is 0 Å². The highest BCUT2D eigenvalue weighted by molar-refractivity contribution is 6.29. The Labute approximate surface area is 75.2 Å². The predicted molar refractivity (Wildman–Crippen MR) is 38.4 cm³/mol. The monoisotopic (exact) mass is 177 g/mol. The molecular weight excluding hydrogens is 168 g/mol. The highest BCUT2D eigenvalue weighted by Crippen LogP contribution is 2.02. The maximum absolute atomic E-state index is 11.2. The average Bonchev–Trinajstić information content (AvgIpc) is 2.11. The molecule has 5 heteroatoms. The molecule has 0 aliphatic rings. The number of aromatic nitrogens is 2. The lowest BCUT2D eigenvalue weighted by Gasteiger charge is -1.94. The zero-order chi connectivity index (χ0) is 12.5. The molecule has 11 heavy (non-hydrogen) atoms. The maximum Gasteiger partial charge on any atom is 0.358 e. The molecule has 0 aromatic carbocycles. The van der Waals surface area contributed by atoms with Crippen LogP contribution in [0.25, 0.3) is 0 Å². The quantitative estimate of drug-likeness (QED) is 0.599. The van der Waals surface area contributed by atoms with Crippen LogP contribution < -0.4 is 0 Å². The van der Waals surface area contributed by atoms with Gasteiger partial charge >= 0.3 is 5.97 Å². The van der Waals surface area contributed by atoms with Gasteiger partial charge in [0.2, 0.25) is 0 Å². The minimum Gasteiger partial charge on any atom is -0.464 e. The van der Waals surface area contributed by atoms with Crippen molar-refractivity contribution >= 4 is 17.6 Å². The van der Waals surface area contributed by atoms with E-state index in [1.807, 2.05) is 0 Å². The van der Waals surface area contributed by atoms with Gasteiger partial charge in [0, 0.05) is 0 Å². The van der Waals surface area contributed by atoms with E-state index in [1.54, 1.807) is 0 Å². The molecule has 0 bridgehead atoms. The summed E-state index contributed by atoms with van der Waals surface area (Å²) in [5.41, 5.74) is -0.662. The summed E-state index contributed by atoms with van der Waals surface area (Å²) in [6.45, 7) is 0. The van der Waals surface area contributed by atoms with Crippen LogP contribution in [0.2, 0.25) is 5.15 Å². The van der Waals surface area contributed by atoms with Gasteiger partial charge in [0.05, 0.1) is 13.9 Å². The Balaban J connectivity index is 3.06. The number of carbonyl (C=O) groups excluding carboxylic acids is 1. The second kappa shape index (κ2) is 3.30. The van der Waals surface area contributed by atoms with E-state index >= 15 is 0 Å². The van der Waals surface area contributed by atoms with Gasteiger partial charge in [-0.2, -0.15) is 0 Å². The second-order valence-corrected chi connectivity index (χ2v) is 1.84. The van der Waals surface area contributed by atoms with Gasteiger partial charge in [0.1, 0.15) is 0 Å². The smallest absolute Gasteiger partial charge is 0.358 e. The summed E-state index contributed by atoms with van der Waals surface area (Å²) in [7, 11) is -2.94. The van der Waals surface area contributed by atoms with E-state index in [4.69, 9.17) is 18.5 Å². The third-order valence-electron chi connectivity index (χ3n) is 0.808. The minimum atomic E-state index is -2.94. The van der Waals surface area contributed by atoms with Crippen molar-refractivity contribution < 1.29 is 16.4 Å². The highest BCUT2D eigenvalue weighted by atomic mass is 35.5. The molecular formula is C6H5ClN2O2. The number of nitrogens with zero attached hydrogens (tertiary/aromatic N) is 2. The standard InChI is InChI=1S/C6H5ClN2O2/c1-11-6(10)4-2-3-5(7)9-8-4/h2-3H,1H3/i1D3,2D,3D. The molecule has 1 aromatic rings. The number of halogens is 1. The Morgan fingerprint density at radius 1 is 1.82 bits per heavy atom. The first-order valence-electron chi connectivity index (χ1n) is 4.95. The van der Waals surface area contributed by atoms with Crippen LogP contribution in [0.3, 0.4) is 0 Å². The molecule has 0 N–H and O–H groups in total. The Kier molecular flexibility index (Phi) is 1.05. The zero-order valence-electron chi connectivity index (χ0n) is 10.1. The summed E-state index contributed by atoms with van der Waals surface area (Å²) in [6.07, 6.45) is 0. The minimum absolute atomic E-state index is 0.351. The number of esters is 1. The molecule has 1 rings (SSSR count). The average molecular weight is 178 g/mol. The van der Waals surface area contributed by atoms with Gasteiger partial charge in [0.15, 0.2) is 10.8 Å². The first-order chi connectivity index (χ1) is 7.22. The molecule has 58 valence electrons. The molecule has 0 unspecified atom stereocenters. The lowest BCUT2D eigenvalue weighted by Crippen LogP contribution is -2.04. The van der Waals surface area contributed by atoms with Crippen LogP contribution in [0, 0.1) is 0 Å². The Bertz CT molecular complexity index is 436. The normalized spacial score (nSPS) is 17.0. The van der Waals surface area contributed by atoms with Crippen LogP contribution >= 0.6 is 11.6 Å². The van der Waals surface area contributed by atoms with Crippen molar-refractivity contribution in [3.8, 4) is 0 Å². The Morgan fingerprint density at radius 2 is 2.64 bits per heavy atom. The van der Waals surface area contributed by atoms with Crippen LogP contribution in [-0.2, 0) is 4.74 Å². The van der Waals surface area contributed by atoms with Crippen molar-refractivity contribution in [1.82, 2.24) is 10.2 Å². The van der Waals surface area contributed by atoms with Crippen LogP contribution in [-0.4, -0.2) is 23.2 Å². The van der Waals surface area contributed by atoms with Gasteiger partial charge in [-0.1, -0.05) is 11.6 Å². The van der Waals surface area contributed by atoms with Gasteiger partial charge in [-0.15, -0.1) is 10.2 Å². The van der Waals surface area contributed by atoms with Crippen molar-refractivity contribution in [1.29, 1.82) is 0 Å². The van der Waals surface area contributed by atoms with E-state index in [2.05, 4.69) is 14.9 Å². The molecule has 1 aromatic heterocycles. The van der Waals surface area contributed by atoms with Crippen molar-refractivity contribution in [3.05, 3.63) is 22.9 Å². The van der Waals surface area contributed by atoms with Crippen LogP contribution in [0.4, 0.5) is 0 Å². The Hall–Kier alpha value is -1.16. The third-order valence-corrected chi connectivity index (χ3v) is 0.978. The first-order valence-corrected chi connectivity index (χ1v) is 2.83. The van der Waals surface area contributed by atoms with E-state index < -0.39 is 30.8 Å². The van der Waals surface area contributed by atoms with Crippen molar-refractivity contribution in [2.24, 2.45) is 0 Å². The molecule has 0 fully saturated rings. The molecule has 0 aliphatic heterocycles. The van der Waals surface area contributed by atoms with E-state index in [9.17, 15) is 4.79 Å². The SMILES string of the molecule is [2H]c1c(Cl)nnc(C(=O)OC([2H])([2H])[2H])c1[2H]. The number of carbonyl (C=O) groups is 1. The first kappa shape index (κ1) is 3.49. The van der Waals surface area contributed by atoms with Crippen LogP contribution in [0.15, 0.2) is 12.1 Å². The number of methoxy groups -OCH3 is 1. The highest BCUT2D eigenvalue weighted by Gasteiger charge is 2.05. The molecule has 0 saturated carbocycles. The number of hydrogen-bond donors (Lipinski definition) is 0. The van der Waals surface area contributed by atoms with E-state index in [0.717, 1.165) is 0 Å². The molecule has 0 spiro atoms.